The first kappa shape index (κ1) is 20.4. The fraction of sp³-hybridized carbons (Fsp3) is 0.350. The summed E-state index contributed by atoms with van der Waals surface area (Å²) in [6.07, 6.45) is 0.298. The van der Waals surface area contributed by atoms with Crippen molar-refractivity contribution in [1.82, 2.24) is 19.6 Å². The molecule has 0 fully saturated rings. The van der Waals surface area contributed by atoms with Gasteiger partial charge in [0.2, 0.25) is 5.91 Å². The van der Waals surface area contributed by atoms with Crippen LogP contribution in [0.2, 0.25) is 10.0 Å². The average molecular weight is 420 g/mol. The summed E-state index contributed by atoms with van der Waals surface area (Å²) < 4.78 is 3.62. The molecular weight excluding hydrogens is 397 g/mol. The molecule has 0 saturated heterocycles. The Morgan fingerprint density at radius 2 is 1.68 bits per heavy atom. The summed E-state index contributed by atoms with van der Waals surface area (Å²) in [4.78, 5) is 12.5. The zero-order valence-corrected chi connectivity index (χ0v) is 17.9. The zero-order chi connectivity index (χ0) is 20.4. The van der Waals surface area contributed by atoms with E-state index in [-0.39, 0.29) is 5.91 Å². The summed E-state index contributed by atoms with van der Waals surface area (Å²) in [5.41, 5.74) is 5.02. The smallest absolute Gasteiger partial charge is 0.226 e. The van der Waals surface area contributed by atoms with E-state index in [9.17, 15) is 4.79 Å². The van der Waals surface area contributed by atoms with E-state index in [1.807, 2.05) is 56.6 Å². The van der Waals surface area contributed by atoms with Crippen LogP contribution in [0.3, 0.4) is 0 Å². The predicted octanol–water partition coefficient (Wildman–Crippen LogP) is 4.70. The molecule has 1 amide bonds. The number of benzene rings is 1. The van der Waals surface area contributed by atoms with Crippen LogP contribution < -0.4 is 5.32 Å². The van der Waals surface area contributed by atoms with Crippen molar-refractivity contribution in [3.8, 4) is 0 Å². The van der Waals surface area contributed by atoms with Gasteiger partial charge in [-0.2, -0.15) is 10.2 Å². The molecule has 0 aliphatic carbocycles. The number of nitrogens with zero attached hydrogens (tertiary/aromatic N) is 4. The van der Waals surface area contributed by atoms with Crippen LogP contribution >= 0.6 is 23.2 Å². The molecular formula is C20H23Cl2N5O. The molecule has 0 spiro atoms. The van der Waals surface area contributed by atoms with Gasteiger partial charge in [0.1, 0.15) is 0 Å². The van der Waals surface area contributed by atoms with Gasteiger partial charge in [0.05, 0.1) is 46.6 Å². The second-order valence-electron chi connectivity index (χ2n) is 6.80. The standard InChI is InChI=1S/C20H23Cl2N5O/c1-12-19(22)14(3)26(24-12)10-9-18(28)23-20-13(2)25-27(15(20)4)11-16-7-5-6-8-17(16)21/h5-8H,9-11H2,1-4H3,(H,23,28). The van der Waals surface area contributed by atoms with Crippen LogP contribution in [-0.4, -0.2) is 25.5 Å². The molecule has 0 atom stereocenters. The van der Waals surface area contributed by atoms with Gasteiger partial charge in [-0.05, 0) is 39.3 Å². The third-order valence-corrected chi connectivity index (χ3v) is 5.68. The van der Waals surface area contributed by atoms with E-state index in [2.05, 4.69) is 15.5 Å². The Morgan fingerprint density at radius 1 is 1.00 bits per heavy atom. The molecule has 2 aromatic heterocycles. The van der Waals surface area contributed by atoms with E-state index < -0.39 is 0 Å². The number of aryl methyl sites for hydroxylation is 3. The number of aromatic nitrogens is 4. The van der Waals surface area contributed by atoms with Gasteiger partial charge in [-0.1, -0.05) is 41.4 Å². The largest absolute Gasteiger partial charge is 0.323 e. The summed E-state index contributed by atoms with van der Waals surface area (Å²) in [5, 5.41) is 13.2. The summed E-state index contributed by atoms with van der Waals surface area (Å²) in [6.45, 7) is 8.59. The van der Waals surface area contributed by atoms with Crippen LogP contribution in [0.25, 0.3) is 0 Å². The fourth-order valence-electron chi connectivity index (χ4n) is 3.12. The minimum Gasteiger partial charge on any atom is -0.323 e. The lowest BCUT2D eigenvalue weighted by Crippen LogP contribution is -2.16. The molecule has 0 aliphatic heterocycles. The van der Waals surface area contributed by atoms with Crippen LogP contribution in [0, 0.1) is 27.7 Å². The molecule has 28 heavy (non-hydrogen) atoms. The first-order chi connectivity index (χ1) is 13.3. The summed E-state index contributed by atoms with van der Waals surface area (Å²) in [5.74, 6) is -0.0906. The lowest BCUT2D eigenvalue weighted by atomic mass is 10.2. The number of rotatable bonds is 6. The van der Waals surface area contributed by atoms with E-state index in [4.69, 9.17) is 23.2 Å². The number of amides is 1. The van der Waals surface area contributed by atoms with Gasteiger partial charge >= 0.3 is 0 Å². The molecule has 8 heteroatoms. The van der Waals surface area contributed by atoms with Crippen molar-refractivity contribution in [3.05, 3.63) is 62.6 Å². The van der Waals surface area contributed by atoms with E-state index in [1.165, 1.54) is 0 Å². The maximum Gasteiger partial charge on any atom is 0.226 e. The number of carbonyl (C=O) groups is 1. The normalized spacial score (nSPS) is 11.1. The zero-order valence-electron chi connectivity index (χ0n) is 16.4. The molecule has 3 aromatic rings. The third kappa shape index (κ3) is 4.23. The molecule has 0 bridgehead atoms. The second kappa shape index (κ2) is 8.37. The van der Waals surface area contributed by atoms with E-state index in [0.29, 0.717) is 29.6 Å². The van der Waals surface area contributed by atoms with Crippen LogP contribution in [-0.2, 0) is 17.9 Å². The molecule has 0 unspecified atom stereocenters. The summed E-state index contributed by atoms with van der Waals surface area (Å²) in [6, 6.07) is 7.67. The van der Waals surface area contributed by atoms with E-state index in [0.717, 1.165) is 34.0 Å². The van der Waals surface area contributed by atoms with Crippen molar-refractivity contribution < 1.29 is 4.79 Å². The molecule has 3 rings (SSSR count). The van der Waals surface area contributed by atoms with Gasteiger partial charge < -0.3 is 5.32 Å². The van der Waals surface area contributed by atoms with Crippen LogP contribution in [0.4, 0.5) is 5.69 Å². The van der Waals surface area contributed by atoms with Crippen LogP contribution in [0.15, 0.2) is 24.3 Å². The molecule has 148 valence electrons. The van der Waals surface area contributed by atoms with E-state index >= 15 is 0 Å². The summed E-state index contributed by atoms with van der Waals surface area (Å²) in [7, 11) is 0. The Morgan fingerprint density at radius 3 is 2.32 bits per heavy atom. The molecule has 2 heterocycles. The van der Waals surface area contributed by atoms with Crippen molar-refractivity contribution >= 4 is 34.8 Å². The van der Waals surface area contributed by atoms with E-state index in [1.54, 1.807) is 4.68 Å². The van der Waals surface area contributed by atoms with Gasteiger partial charge in [0.15, 0.2) is 0 Å². The van der Waals surface area contributed by atoms with Crippen molar-refractivity contribution in [2.24, 2.45) is 0 Å². The second-order valence-corrected chi connectivity index (χ2v) is 7.59. The van der Waals surface area contributed by atoms with Gasteiger partial charge in [-0.3, -0.25) is 14.2 Å². The molecule has 6 nitrogen and oxygen atoms in total. The van der Waals surface area contributed by atoms with Crippen molar-refractivity contribution in [2.45, 2.75) is 47.2 Å². The van der Waals surface area contributed by atoms with Crippen molar-refractivity contribution in [1.29, 1.82) is 0 Å². The molecule has 1 aromatic carbocycles. The third-order valence-electron chi connectivity index (χ3n) is 4.77. The average Bonchev–Trinajstić information content (AvgIpc) is 3.06. The van der Waals surface area contributed by atoms with Crippen molar-refractivity contribution in [3.63, 3.8) is 0 Å². The Hall–Kier alpha value is -2.31. The number of anilines is 1. The Labute approximate surface area is 174 Å². The number of halogens is 2. The molecule has 1 N–H and O–H groups in total. The number of carbonyl (C=O) groups excluding carboxylic acids is 1. The lowest BCUT2D eigenvalue weighted by molar-refractivity contribution is -0.116. The summed E-state index contributed by atoms with van der Waals surface area (Å²) >= 11 is 12.4. The number of nitrogens with one attached hydrogen (secondary N) is 1. The predicted molar refractivity (Wildman–Crippen MR) is 112 cm³/mol. The first-order valence-corrected chi connectivity index (χ1v) is 9.80. The highest BCUT2D eigenvalue weighted by Gasteiger charge is 2.16. The number of hydrogen-bond donors (Lipinski definition) is 1. The SMILES string of the molecule is Cc1nn(CCC(=O)Nc2c(C)nn(Cc3ccccc3Cl)c2C)c(C)c1Cl. The van der Waals surface area contributed by atoms with Gasteiger partial charge in [-0.15, -0.1) is 0 Å². The Kier molecular flexibility index (Phi) is 6.10. The minimum absolute atomic E-state index is 0.0906. The van der Waals surface area contributed by atoms with Gasteiger partial charge in [0.25, 0.3) is 0 Å². The molecule has 0 saturated carbocycles. The highest BCUT2D eigenvalue weighted by Crippen LogP contribution is 2.23. The number of hydrogen-bond acceptors (Lipinski definition) is 3. The highest BCUT2D eigenvalue weighted by atomic mass is 35.5. The monoisotopic (exact) mass is 419 g/mol. The first-order valence-electron chi connectivity index (χ1n) is 9.04. The highest BCUT2D eigenvalue weighted by molar-refractivity contribution is 6.32. The lowest BCUT2D eigenvalue weighted by Gasteiger charge is -2.09. The maximum absolute atomic E-state index is 12.5. The Balaban J connectivity index is 1.68. The topological polar surface area (TPSA) is 64.7 Å². The molecule has 0 radical (unpaired) electrons. The molecule has 0 aliphatic rings. The van der Waals surface area contributed by atoms with Crippen LogP contribution in [0.1, 0.15) is 34.8 Å². The Bertz CT molecular complexity index is 1020. The maximum atomic E-state index is 12.5. The quantitative estimate of drug-likeness (QED) is 0.629. The van der Waals surface area contributed by atoms with Gasteiger partial charge in [-0.25, -0.2) is 0 Å². The van der Waals surface area contributed by atoms with Crippen molar-refractivity contribution in [2.75, 3.05) is 5.32 Å². The van der Waals surface area contributed by atoms with Gasteiger partial charge in [0, 0.05) is 11.4 Å². The van der Waals surface area contributed by atoms with Crippen LogP contribution in [0.5, 0.6) is 0 Å². The fourth-order valence-corrected chi connectivity index (χ4v) is 3.45. The minimum atomic E-state index is -0.0906.